The molecule has 0 atom stereocenters. The van der Waals surface area contributed by atoms with E-state index in [9.17, 15) is 0 Å². The first-order valence-electron chi connectivity index (χ1n) is 6.62. The van der Waals surface area contributed by atoms with Gasteiger partial charge in [-0.1, -0.05) is 53.7 Å². The van der Waals surface area contributed by atoms with Crippen molar-refractivity contribution < 1.29 is 4.52 Å². The molecule has 21 heavy (non-hydrogen) atoms. The molecule has 0 saturated heterocycles. The van der Waals surface area contributed by atoms with E-state index in [1.807, 2.05) is 42.5 Å². The highest BCUT2D eigenvalue weighted by Gasteiger charge is 2.19. The first kappa shape index (κ1) is 12.2. The number of nitrogens with two attached hydrogens (primary N) is 1. The predicted octanol–water partition coefficient (Wildman–Crippen LogP) is 4.81. The number of aromatic nitrogens is 1. The van der Waals surface area contributed by atoms with Gasteiger partial charge in [0.1, 0.15) is 5.69 Å². The smallest absolute Gasteiger partial charge is 0.230 e. The summed E-state index contributed by atoms with van der Waals surface area (Å²) in [6, 6.07) is 18.3. The molecule has 0 spiro atoms. The zero-order chi connectivity index (χ0) is 14.2. The minimum absolute atomic E-state index is 0.353. The summed E-state index contributed by atoms with van der Waals surface area (Å²) in [5, 5.41) is 7.47. The lowest BCUT2D eigenvalue weighted by atomic mass is 10.0. The summed E-state index contributed by atoms with van der Waals surface area (Å²) in [6.07, 6.45) is 0. The van der Waals surface area contributed by atoms with Gasteiger partial charge in [-0.2, -0.15) is 0 Å². The Labute approximate surface area is 125 Å². The molecule has 4 aromatic rings. The highest BCUT2D eigenvalue weighted by atomic mass is 32.1. The molecule has 0 radical (unpaired) electrons. The van der Waals surface area contributed by atoms with Crippen molar-refractivity contribution in [2.45, 2.75) is 0 Å². The molecule has 4 rings (SSSR count). The van der Waals surface area contributed by atoms with Crippen molar-refractivity contribution in [3.63, 3.8) is 0 Å². The van der Waals surface area contributed by atoms with E-state index < -0.39 is 0 Å². The van der Waals surface area contributed by atoms with E-state index >= 15 is 0 Å². The van der Waals surface area contributed by atoms with Crippen LogP contribution in [0.4, 0.5) is 5.88 Å². The largest absolute Gasteiger partial charge is 0.367 e. The van der Waals surface area contributed by atoms with Crippen LogP contribution in [-0.2, 0) is 0 Å². The monoisotopic (exact) mass is 292 g/mol. The average molecular weight is 292 g/mol. The molecule has 2 aromatic carbocycles. The fourth-order valence-electron chi connectivity index (χ4n) is 2.53. The molecule has 4 heteroatoms. The van der Waals surface area contributed by atoms with Crippen molar-refractivity contribution in [3.05, 3.63) is 60.0 Å². The van der Waals surface area contributed by atoms with Crippen LogP contribution in [0.15, 0.2) is 64.5 Å². The van der Waals surface area contributed by atoms with Crippen molar-refractivity contribution >= 4 is 27.3 Å². The number of anilines is 1. The van der Waals surface area contributed by atoms with Crippen molar-refractivity contribution in [1.82, 2.24) is 5.16 Å². The molecule has 0 saturated carbocycles. The molecule has 0 fully saturated rings. The lowest BCUT2D eigenvalue weighted by Gasteiger charge is -2.01. The van der Waals surface area contributed by atoms with E-state index in [4.69, 9.17) is 10.3 Å². The van der Waals surface area contributed by atoms with E-state index in [1.165, 1.54) is 10.1 Å². The molecule has 0 aliphatic rings. The molecule has 0 aliphatic carbocycles. The summed E-state index contributed by atoms with van der Waals surface area (Å²) in [6.45, 7) is 0. The fourth-order valence-corrected chi connectivity index (χ4v) is 3.48. The van der Waals surface area contributed by atoms with Crippen molar-refractivity contribution in [3.8, 4) is 22.4 Å². The Morgan fingerprint density at radius 1 is 0.952 bits per heavy atom. The second kappa shape index (κ2) is 4.75. The van der Waals surface area contributed by atoms with Crippen LogP contribution in [0.3, 0.4) is 0 Å². The maximum Gasteiger partial charge on any atom is 0.230 e. The van der Waals surface area contributed by atoms with Gasteiger partial charge in [-0.25, -0.2) is 0 Å². The molecule has 2 aromatic heterocycles. The van der Waals surface area contributed by atoms with Crippen LogP contribution in [-0.4, -0.2) is 5.16 Å². The standard InChI is InChI=1S/C17H12N2OS/c18-17-15(11-6-2-1-3-7-11)16(19-20-17)13-10-21-14-9-5-4-8-12(13)14/h1-10H,18H2. The second-order valence-corrected chi connectivity index (χ2v) is 5.69. The summed E-state index contributed by atoms with van der Waals surface area (Å²) < 4.78 is 6.48. The van der Waals surface area contributed by atoms with Crippen LogP contribution in [0.1, 0.15) is 0 Å². The third kappa shape index (κ3) is 1.92. The average Bonchev–Trinajstić information content (AvgIpc) is 3.11. The van der Waals surface area contributed by atoms with E-state index in [0.29, 0.717) is 5.88 Å². The third-order valence-corrected chi connectivity index (χ3v) is 4.48. The lowest BCUT2D eigenvalue weighted by molar-refractivity contribution is 0.439. The molecule has 0 aliphatic heterocycles. The summed E-state index contributed by atoms with van der Waals surface area (Å²) >= 11 is 1.70. The van der Waals surface area contributed by atoms with E-state index in [1.54, 1.807) is 11.3 Å². The van der Waals surface area contributed by atoms with Gasteiger partial charge in [-0.3, -0.25) is 0 Å². The normalized spacial score (nSPS) is 11.0. The zero-order valence-electron chi connectivity index (χ0n) is 11.1. The minimum Gasteiger partial charge on any atom is -0.367 e. The van der Waals surface area contributed by atoms with Gasteiger partial charge in [0.15, 0.2) is 0 Å². The van der Waals surface area contributed by atoms with Crippen LogP contribution in [0.25, 0.3) is 32.5 Å². The number of hydrogen-bond donors (Lipinski definition) is 1. The van der Waals surface area contributed by atoms with Crippen molar-refractivity contribution in [2.24, 2.45) is 0 Å². The van der Waals surface area contributed by atoms with Crippen LogP contribution in [0, 0.1) is 0 Å². The fraction of sp³-hybridized carbons (Fsp3) is 0. The van der Waals surface area contributed by atoms with Crippen LogP contribution in [0.5, 0.6) is 0 Å². The van der Waals surface area contributed by atoms with E-state index in [2.05, 4.69) is 22.7 Å². The third-order valence-electron chi connectivity index (χ3n) is 3.52. The second-order valence-electron chi connectivity index (χ2n) is 4.78. The number of benzene rings is 2. The Morgan fingerprint density at radius 2 is 1.71 bits per heavy atom. The molecule has 2 heterocycles. The molecule has 0 bridgehead atoms. The molecule has 2 N–H and O–H groups in total. The highest BCUT2D eigenvalue weighted by molar-refractivity contribution is 7.17. The summed E-state index contributed by atoms with van der Waals surface area (Å²) in [5.41, 5.74) is 9.74. The van der Waals surface area contributed by atoms with Crippen molar-refractivity contribution in [1.29, 1.82) is 0 Å². The predicted molar refractivity (Wildman–Crippen MR) is 87.2 cm³/mol. The maximum atomic E-state index is 6.00. The number of nitrogens with zero attached hydrogens (tertiary/aromatic N) is 1. The molecule has 0 amide bonds. The molecular weight excluding hydrogens is 280 g/mol. The molecule has 3 nitrogen and oxygen atoms in total. The van der Waals surface area contributed by atoms with Gasteiger partial charge in [0.25, 0.3) is 0 Å². The van der Waals surface area contributed by atoms with Gasteiger partial charge < -0.3 is 10.3 Å². The number of nitrogen functional groups attached to an aromatic ring is 1. The number of fused-ring (bicyclic) bond motifs is 1. The minimum atomic E-state index is 0.353. The first-order valence-corrected chi connectivity index (χ1v) is 7.50. The van der Waals surface area contributed by atoms with E-state index in [-0.39, 0.29) is 0 Å². The van der Waals surface area contributed by atoms with Gasteiger partial charge in [0.05, 0.1) is 5.56 Å². The Bertz CT molecular complexity index is 909. The quantitative estimate of drug-likeness (QED) is 0.577. The summed E-state index contributed by atoms with van der Waals surface area (Å²) in [5.74, 6) is 0.353. The highest BCUT2D eigenvalue weighted by Crippen LogP contribution is 2.41. The Kier molecular flexibility index (Phi) is 2.75. The number of hydrogen-bond acceptors (Lipinski definition) is 4. The SMILES string of the molecule is Nc1onc(-c2csc3ccccc23)c1-c1ccccc1. The van der Waals surface area contributed by atoms with Crippen LogP contribution < -0.4 is 5.73 Å². The van der Waals surface area contributed by atoms with Gasteiger partial charge in [0.2, 0.25) is 5.88 Å². The zero-order valence-corrected chi connectivity index (χ0v) is 11.9. The lowest BCUT2D eigenvalue weighted by Crippen LogP contribution is -1.87. The Hall–Kier alpha value is -2.59. The van der Waals surface area contributed by atoms with Crippen LogP contribution in [0.2, 0.25) is 0 Å². The topological polar surface area (TPSA) is 52.0 Å². The van der Waals surface area contributed by atoms with E-state index in [0.717, 1.165) is 22.4 Å². The Balaban J connectivity index is 1.98. The van der Waals surface area contributed by atoms with Gasteiger partial charge in [-0.15, -0.1) is 11.3 Å². The molecule has 0 unspecified atom stereocenters. The van der Waals surface area contributed by atoms with Gasteiger partial charge >= 0.3 is 0 Å². The maximum absolute atomic E-state index is 6.00. The van der Waals surface area contributed by atoms with Crippen LogP contribution >= 0.6 is 11.3 Å². The summed E-state index contributed by atoms with van der Waals surface area (Å²) in [4.78, 5) is 0. The number of rotatable bonds is 2. The molecular formula is C17H12N2OS. The number of thiophene rings is 1. The van der Waals surface area contributed by atoms with Gasteiger partial charge in [0, 0.05) is 21.0 Å². The first-order chi connectivity index (χ1) is 10.3. The summed E-state index contributed by atoms with van der Waals surface area (Å²) in [7, 11) is 0. The molecule has 102 valence electrons. The van der Waals surface area contributed by atoms with Gasteiger partial charge in [-0.05, 0) is 11.6 Å². The van der Waals surface area contributed by atoms with Crippen molar-refractivity contribution in [2.75, 3.05) is 5.73 Å². The Morgan fingerprint density at radius 3 is 2.57 bits per heavy atom.